The summed E-state index contributed by atoms with van der Waals surface area (Å²) in [5.74, 6) is -2.23. The quantitative estimate of drug-likeness (QED) is 0.678. The normalized spacial score (nSPS) is 10.0. The molecule has 0 unspecified atom stereocenters. The summed E-state index contributed by atoms with van der Waals surface area (Å²) >= 11 is 2.83. The number of nitrogens with zero attached hydrogens (tertiary/aromatic N) is 1. The van der Waals surface area contributed by atoms with Gasteiger partial charge in [-0.05, 0) is 22.0 Å². The van der Waals surface area contributed by atoms with Gasteiger partial charge in [-0.25, -0.2) is 4.39 Å². The summed E-state index contributed by atoms with van der Waals surface area (Å²) in [5, 5.41) is 19.0. The lowest BCUT2D eigenvalue weighted by atomic mass is 10.1. The topological polar surface area (TPSA) is 80.4 Å². The van der Waals surface area contributed by atoms with Crippen LogP contribution in [0.3, 0.4) is 0 Å². The van der Waals surface area contributed by atoms with Gasteiger partial charge in [-0.15, -0.1) is 0 Å². The lowest BCUT2D eigenvalue weighted by Gasteiger charge is -2.03. The van der Waals surface area contributed by atoms with Crippen LogP contribution in [0.5, 0.6) is 0 Å². The van der Waals surface area contributed by atoms with Gasteiger partial charge < -0.3 is 5.11 Å². The highest BCUT2D eigenvalue weighted by atomic mass is 79.9. The van der Waals surface area contributed by atoms with Gasteiger partial charge in [0.15, 0.2) is 0 Å². The van der Waals surface area contributed by atoms with Crippen molar-refractivity contribution >= 4 is 27.6 Å². The van der Waals surface area contributed by atoms with Gasteiger partial charge in [-0.3, -0.25) is 14.9 Å². The average Bonchev–Trinajstić information content (AvgIpc) is 2.12. The number of carboxylic acid groups (broad SMARTS) is 1. The van der Waals surface area contributed by atoms with E-state index in [0.29, 0.717) is 0 Å². The Morgan fingerprint density at radius 2 is 2.20 bits per heavy atom. The second kappa shape index (κ2) is 4.35. The van der Waals surface area contributed by atoms with E-state index in [1.165, 1.54) is 6.07 Å². The zero-order valence-corrected chi connectivity index (χ0v) is 8.82. The van der Waals surface area contributed by atoms with Gasteiger partial charge in [0.25, 0.3) is 5.69 Å². The van der Waals surface area contributed by atoms with E-state index in [1.54, 1.807) is 0 Å². The summed E-state index contributed by atoms with van der Waals surface area (Å²) in [5.41, 5.74) is -0.958. The first kappa shape index (κ1) is 11.6. The van der Waals surface area contributed by atoms with Gasteiger partial charge in [-0.1, -0.05) is 0 Å². The Morgan fingerprint density at radius 1 is 1.60 bits per heavy atom. The predicted octanol–water partition coefficient (Wildman–Crippen LogP) is 2.12. The number of benzene rings is 1. The highest BCUT2D eigenvalue weighted by Gasteiger charge is 2.22. The largest absolute Gasteiger partial charge is 0.481 e. The maximum atomic E-state index is 13.4. The number of carboxylic acids is 1. The van der Waals surface area contributed by atoms with Crippen LogP contribution in [0.2, 0.25) is 0 Å². The Labute approximate surface area is 91.8 Å². The lowest BCUT2D eigenvalue weighted by molar-refractivity contribution is -0.385. The van der Waals surface area contributed by atoms with E-state index in [2.05, 4.69) is 15.9 Å². The van der Waals surface area contributed by atoms with Gasteiger partial charge in [-0.2, -0.15) is 0 Å². The molecule has 0 aliphatic rings. The molecule has 1 aromatic rings. The maximum Gasteiger partial charge on any atom is 0.308 e. The van der Waals surface area contributed by atoms with Crippen molar-refractivity contribution < 1.29 is 19.2 Å². The van der Waals surface area contributed by atoms with Crippen LogP contribution in [0.1, 0.15) is 5.56 Å². The van der Waals surface area contributed by atoms with Crippen LogP contribution in [0, 0.1) is 15.9 Å². The zero-order chi connectivity index (χ0) is 11.6. The Morgan fingerprint density at radius 3 is 2.67 bits per heavy atom. The molecule has 0 saturated heterocycles. The highest BCUT2D eigenvalue weighted by Crippen LogP contribution is 2.27. The smallest absolute Gasteiger partial charge is 0.308 e. The maximum absolute atomic E-state index is 13.4. The van der Waals surface area contributed by atoms with Crippen molar-refractivity contribution in [3.63, 3.8) is 0 Å². The minimum atomic E-state index is -1.32. The molecule has 1 N–H and O–H groups in total. The van der Waals surface area contributed by atoms with Crippen molar-refractivity contribution in [3.8, 4) is 0 Å². The highest BCUT2D eigenvalue weighted by molar-refractivity contribution is 9.10. The van der Waals surface area contributed by atoms with E-state index in [9.17, 15) is 19.3 Å². The monoisotopic (exact) mass is 277 g/mol. The third kappa shape index (κ3) is 2.50. The molecule has 15 heavy (non-hydrogen) atoms. The molecular formula is C8H5BrFNO4. The number of aliphatic carboxylic acids is 1. The standard InChI is InChI=1S/C8H5BrFNO4/c9-5-1-2-6(11(14)15)4(8(5)10)3-7(12)13/h1-2H,3H2,(H,12,13). The number of carbonyl (C=O) groups is 1. The Bertz CT molecular complexity index is 435. The Balaban J connectivity index is 3.34. The summed E-state index contributed by atoms with van der Waals surface area (Å²) in [6.45, 7) is 0. The first-order valence-electron chi connectivity index (χ1n) is 3.76. The van der Waals surface area contributed by atoms with Gasteiger partial charge >= 0.3 is 5.97 Å². The SMILES string of the molecule is O=C(O)Cc1c([N+](=O)[O-])ccc(Br)c1F. The van der Waals surface area contributed by atoms with E-state index < -0.39 is 34.4 Å². The summed E-state index contributed by atoms with van der Waals surface area (Å²) in [7, 11) is 0. The number of hydrogen-bond donors (Lipinski definition) is 1. The molecule has 0 spiro atoms. The average molecular weight is 278 g/mol. The molecular weight excluding hydrogens is 273 g/mol. The molecule has 0 saturated carbocycles. The molecule has 0 bridgehead atoms. The number of rotatable bonds is 3. The van der Waals surface area contributed by atoms with Crippen LogP contribution in [0.15, 0.2) is 16.6 Å². The van der Waals surface area contributed by atoms with Crippen molar-refractivity contribution in [2.45, 2.75) is 6.42 Å². The number of hydrogen-bond acceptors (Lipinski definition) is 3. The fourth-order valence-corrected chi connectivity index (χ4v) is 1.44. The second-order valence-corrected chi connectivity index (χ2v) is 3.54. The van der Waals surface area contributed by atoms with Crippen LogP contribution in [-0.2, 0) is 11.2 Å². The first-order valence-corrected chi connectivity index (χ1v) is 4.56. The minimum Gasteiger partial charge on any atom is -0.481 e. The van der Waals surface area contributed by atoms with Crippen molar-refractivity contribution in [3.05, 3.63) is 38.1 Å². The van der Waals surface area contributed by atoms with Gasteiger partial charge in [0.1, 0.15) is 5.82 Å². The van der Waals surface area contributed by atoms with Crippen LogP contribution in [0.4, 0.5) is 10.1 Å². The molecule has 0 aliphatic carbocycles. The molecule has 0 aliphatic heterocycles. The lowest BCUT2D eigenvalue weighted by Crippen LogP contribution is -2.06. The Kier molecular flexibility index (Phi) is 3.35. The van der Waals surface area contributed by atoms with Crippen molar-refractivity contribution in [2.24, 2.45) is 0 Å². The van der Waals surface area contributed by atoms with Crippen molar-refractivity contribution in [1.29, 1.82) is 0 Å². The van der Waals surface area contributed by atoms with E-state index in [4.69, 9.17) is 5.11 Å². The first-order chi connectivity index (χ1) is 6.93. The van der Waals surface area contributed by atoms with Crippen LogP contribution >= 0.6 is 15.9 Å². The second-order valence-electron chi connectivity index (χ2n) is 2.69. The number of nitro benzene ring substituents is 1. The predicted molar refractivity (Wildman–Crippen MR) is 52.1 cm³/mol. The number of nitro groups is 1. The van der Waals surface area contributed by atoms with Crippen molar-refractivity contribution in [2.75, 3.05) is 0 Å². The van der Waals surface area contributed by atoms with Gasteiger partial charge in [0.2, 0.25) is 0 Å². The van der Waals surface area contributed by atoms with E-state index in [0.717, 1.165) is 6.07 Å². The van der Waals surface area contributed by atoms with Crippen LogP contribution < -0.4 is 0 Å². The fraction of sp³-hybridized carbons (Fsp3) is 0.125. The zero-order valence-electron chi connectivity index (χ0n) is 7.24. The molecule has 0 atom stereocenters. The summed E-state index contributed by atoms with van der Waals surface area (Å²) in [6, 6.07) is 2.23. The molecule has 0 radical (unpaired) electrons. The molecule has 0 aromatic heterocycles. The van der Waals surface area contributed by atoms with Gasteiger partial charge in [0, 0.05) is 6.07 Å². The van der Waals surface area contributed by atoms with Crippen LogP contribution in [0.25, 0.3) is 0 Å². The van der Waals surface area contributed by atoms with E-state index in [1.807, 2.05) is 0 Å². The summed E-state index contributed by atoms with van der Waals surface area (Å²) in [4.78, 5) is 20.1. The van der Waals surface area contributed by atoms with E-state index in [-0.39, 0.29) is 4.47 Å². The fourth-order valence-electron chi connectivity index (χ4n) is 1.07. The molecule has 0 fully saturated rings. The van der Waals surface area contributed by atoms with E-state index >= 15 is 0 Å². The third-order valence-corrected chi connectivity index (χ3v) is 2.31. The molecule has 0 heterocycles. The van der Waals surface area contributed by atoms with Crippen LogP contribution in [-0.4, -0.2) is 16.0 Å². The third-order valence-electron chi connectivity index (χ3n) is 1.70. The molecule has 5 nitrogen and oxygen atoms in total. The molecule has 7 heteroatoms. The van der Waals surface area contributed by atoms with Crippen molar-refractivity contribution in [1.82, 2.24) is 0 Å². The molecule has 1 aromatic carbocycles. The number of halogens is 2. The summed E-state index contributed by atoms with van der Waals surface area (Å²) in [6.07, 6.45) is -0.721. The van der Waals surface area contributed by atoms with Gasteiger partial charge in [0.05, 0.1) is 21.4 Å². The summed E-state index contributed by atoms with van der Waals surface area (Å²) < 4.78 is 13.4. The molecule has 80 valence electrons. The minimum absolute atomic E-state index is 0.00403. The molecule has 1 rings (SSSR count). The Hall–Kier alpha value is -1.50. The molecule has 0 amide bonds.